The predicted octanol–water partition coefficient (Wildman–Crippen LogP) is 4.01. The first-order valence-electron chi connectivity index (χ1n) is 8.06. The van der Waals surface area contributed by atoms with Crippen molar-refractivity contribution in [3.8, 4) is 0 Å². The van der Waals surface area contributed by atoms with E-state index in [-0.39, 0.29) is 12.0 Å². The van der Waals surface area contributed by atoms with Crippen LogP contribution in [0.15, 0.2) is 30.3 Å². The third-order valence-electron chi connectivity index (χ3n) is 4.31. The van der Waals surface area contributed by atoms with Gasteiger partial charge in [-0.3, -0.25) is 0 Å². The normalized spacial score (nSPS) is 19.8. The van der Waals surface area contributed by atoms with Crippen LogP contribution in [0.5, 0.6) is 0 Å². The van der Waals surface area contributed by atoms with Gasteiger partial charge in [-0.25, -0.2) is 0 Å². The van der Waals surface area contributed by atoms with Crippen molar-refractivity contribution in [2.45, 2.75) is 58.4 Å². The van der Waals surface area contributed by atoms with Gasteiger partial charge in [0.25, 0.3) is 0 Å². The molecule has 0 aliphatic carbocycles. The Kier molecular flexibility index (Phi) is 5.28. The zero-order valence-corrected chi connectivity index (χ0v) is 14.4. The smallest absolute Gasteiger partial charge is 0.167 e. The molecule has 1 aromatic rings. The molecular formula is C18H29NO3. The van der Waals surface area contributed by atoms with Crippen LogP contribution in [0.4, 0.5) is 0 Å². The maximum atomic E-state index is 11.0. The van der Waals surface area contributed by atoms with E-state index in [1.54, 1.807) is 0 Å². The largest absolute Gasteiger partial charge is 0.348 e. The van der Waals surface area contributed by atoms with Gasteiger partial charge >= 0.3 is 0 Å². The van der Waals surface area contributed by atoms with Crippen molar-refractivity contribution in [2.24, 2.45) is 5.92 Å². The molecule has 1 atom stereocenters. The molecule has 0 amide bonds. The van der Waals surface area contributed by atoms with Crippen molar-refractivity contribution < 1.29 is 14.7 Å². The van der Waals surface area contributed by atoms with Crippen molar-refractivity contribution >= 4 is 0 Å². The quantitative estimate of drug-likeness (QED) is 0.806. The summed E-state index contributed by atoms with van der Waals surface area (Å²) in [5.41, 5.74) is 0.649. The molecule has 1 unspecified atom stereocenters. The van der Waals surface area contributed by atoms with Gasteiger partial charge in [0.15, 0.2) is 5.79 Å². The molecule has 1 aliphatic rings. The highest BCUT2D eigenvalue weighted by Crippen LogP contribution is 2.38. The van der Waals surface area contributed by atoms with Gasteiger partial charge in [0.05, 0.1) is 19.3 Å². The summed E-state index contributed by atoms with van der Waals surface area (Å²) in [6.45, 7) is 11.5. The van der Waals surface area contributed by atoms with Crippen LogP contribution in [-0.2, 0) is 9.47 Å². The fraction of sp³-hybridized carbons (Fsp3) is 0.667. The van der Waals surface area contributed by atoms with Gasteiger partial charge in [-0.05, 0) is 32.3 Å². The van der Waals surface area contributed by atoms with Crippen molar-refractivity contribution in [1.82, 2.24) is 5.06 Å². The van der Waals surface area contributed by atoms with E-state index in [9.17, 15) is 5.21 Å². The number of benzene rings is 1. The summed E-state index contributed by atoms with van der Waals surface area (Å²) in [6.07, 6.45) is 0.604. The topological polar surface area (TPSA) is 41.9 Å². The second-order valence-corrected chi connectivity index (χ2v) is 7.26. The summed E-state index contributed by atoms with van der Waals surface area (Å²) in [7, 11) is 0. The van der Waals surface area contributed by atoms with E-state index in [2.05, 4.69) is 26.0 Å². The first-order chi connectivity index (χ1) is 10.3. The van der Waals surface area contributed by atoms with Gasteiger partial charge < -0.3 is 14.7 Å². The molecule has 0 radical (unpaired) electrons. The summed E-state index contributed by atoms with van der Waals surface area (Å²) < 4.78 is 11.4. The highest BCUT2D eigenvalue weighted by Gasteiger charge is 2.43. The van der Waals surface area contributed by atoms with Crippen LogP contribution < -0.4 is 0 Å². The Labute approximate surface area is 134 Å². The lowest BCUT2D eigenvalue weighted by molar-refractivity contribution is -0.242. The Hall–Kier alpha value is -0.940. The molecular weight excluding hydrogens is 278 g/mol. The zero-order valence-electron chi connectivity index (χ0n) is 14.4. The molecule has 2 rings (SSSR count). The number of hydrogen-bond donors (Lipinski definition) is 1. The lowest BCUT2D eigenvalue weighted by Crippen LogP contribution is -2.50. The number of hydrogen-bond acceptors (Lipinski definition) is 4. The van der Waals surface area contributed by atoms with Gasteiger partial charge in [0.2, 0.25) is 0 Å². The van der Waals surface area contributed by atoms with Crippen LogP contribution in [0.1, 0.15) is 52.6 Å². The molecule has 4 nitrogen and oxygen atoms in total. The molecule has 1 N–H and O–H groups in total. The Balaban J connectivity index is 2.20. The molecule has 1 aliphatic heterocycles. The summed E-state index contributed by atoms with van der Waals surface area (Å²) in [5, 5.41) is 12.4. The SMILES string of the molecule is CC(C)C(c1ccccc1)N(O)C(C)(C)CC1(C)OCCO1. The Morgan fingerprint density at radius 3 is 2.23 bits per heavy atom. The number of hydroxylamine groups is 2. The second kappa shape index (κ2) is 6.67. The lowest BCUT2D eigenvalue weighted by Gasteiger charge is -2.43. The summed E-state index contributed by atoms with van der Waals surface area (Å²) in [6, 6.07) is 10.1. The molecule has 1 fully saturated rings. The first-order valence-corrected chi connectivity index (χ1v) is 8.06. The minimum Gasteiger partial charge on any atom is -0.348 e. The number of nitrogens with zero attached hydrogens (tertiary/aromatic N) is 1. The molecule has 0 saturated carbocycles. The maximum Gasteiger partial charge on any atom is 0.167 e. The summed E-state index contributed by atoms with van der Waals surface area (Å²) in [5.74, 6) is -0.340. The highest BCUT2D eigenvalue weighted by molar-refractivity contribution is 5.19. The van der Waals surface area contributed by atoms with Crippen LogP contribution in [0.2, 0.25) is 0 Å². The fourth-order valence-corrected chi connectivity index (χ4v) is 3.36. The van der Waals surface area contributed by atoms with Crippen LogP contribution in [0.25, 0.3) is 0 Å². The van der Waals surface area contributed by atoms with Gasteiger partial charge in [0.1, 0.15) is 0 Å². The monoisotopic (exact) mass is 307 g/mol. The second-order valence-electron chi connectivity index (χ2n) is 7.26. The average molecular weight is 307 g/mol. The molecule has 4 heteroatoms. The van der Waals surface area contributed by atoms with E-state index in [0.29, 0.717) is 19.6 Å². The summed E-state index contributed by atoms with van der Waals surface area (Å²) >= 11 is 0. The van der Waals surface area contributed by atoms with E-state index < -0.39 is 11.3 Å². The van der Waals surface area contributed by atoms with E-state index >= 15 is 0 Å². The number of rotatable bonds is 6. The molecule has 0 aromatic heterocycles. The van der Waals surface area contributed by atoms with Crippen molar-refractivity contribution in [2.75, 3.05) is 13.2 Å². The molecule has 1 aromatic carbocycles. The Bertz CT molecular complexity index is 466. The third-order valence-corrected chi connectivity index (χ3v) is 4.31. The van der Waals surface area contributed by atoms with Crippen molar-refractivity contribution in [3.63, 3.8) is 0 Å². The molecule has 124 valence electrons. The lowest BCUT2D eigenvalue weighted by atomic mass is 9.88. The van der Waals surface area contributed by atoms with Gasteiger partial charge in [-0.15, -0.1) is 0 Å². The number of ether oxygens (including phenoxy) is 2. The van der Waals surface area contributed by atoms with Crippen molar-refractivity contribution in [1.29, 1.82) is 0 Å². The molecule has 22 heavy (non-hydrogen) atoms. The Morgan fingerprint density at radius 1 is 1.18 bits per heavy atom. The third kappa shape index (κ3) is 3.87. The fourth-order valence-electron chi connectivity index (χ4n) is 3.36. The highest BCUT2D eigenvalue weighted by atomic mass is 16.7. The summed E-state index contributed by atoms with van der Waals surface area (Å²) in [4.78, 5) is 0. The Morgan fingerprint density at radius 2 is 1.73 bits per heavy atom. The predicted molar refractivity (Wildman–Crippen MR) is 86.7 cm³/mol. The van der Waals surface area contributed by atoms with Crippen LogP contribution >= 0.6 is 0 Å². The van der Waals surface area contributed by atoms with Crippen LogP contribution in [0.3, 0.4) is 0 Å². The minimum atomic E-state index is -0.622. The van der Waals surface area contributed by atoms with Gasteiger partial charge in [-0.1, -0.05) is 44.2 Å². The van der Waals surface area contributed by atoms with Gasteiger partial charge in [0, 0.05) is 12.0 Å². The van der Waals surface area contributed by atoms with Gasteiger partial charge in [-0.2, -0.15) is 5.06 Å². The van der Waals surface area contributed by atoms with E-state index in [1.165, 1.54) is 5.06 Å². The zero-order chi connectivity index (χ0) is 16.4. The molecule has 1 saturated heterocycles. The first kappa shape index (κ1) is 17.4. The molecule has 0 bridgehead atoms. The molecule has 1 heterocycles. The van der Waals surface area contributed by atoms with E-state index in [0.717, 1.165) is 5.56 Å². The van der Waals surface area contributed by atoms with Crippen molar-refractivity contribution in [3.05, 3.63) is 35.9 Å². The minimum absolute atomic E-state index is 0.0683. The van der Waals surface area contributed by atoms with E-state index in [4.69, 9.17) is 9.47 Å². The molecule has 0 spiro atoms. The van der Waals surface area contributed by atoms with Crippen LogP contribution in [0, 0.1) is 5.92 Å². The standard InChI is InChI=1S/C18H29NO3/c1-14(2)16(15-9-7-6-8-10-15)19(20)17(3,4)13-18(5)21-11-12-22-18/h6-10,14,16,20H,11-13H2,1-5H3. The van der Waals surface area contributed by atoms with E-state index in [1.807, 2.05) is 39.0 Å². The van der Waals surface area contributed by atoms with Crippen LogP contribution in [-0.4, -0.2) is 34.8 Å². The maximum absolute atomic E-state index is 11.0. The average Bonchev–Trinajstić information content (AvgIpc) is 2.85.